The summed E-state index contributed by atoms with van der Waals surface area (Å²) in [7, 11) is 0. The van der Waals surface area contributed by atoms with Crippen molar-refractivity contribution < 1.29 is 0 Å². The standard InChI is InChI=1S/C10H12N4S/c1-7-5-9(14-8(2)13-7)12-6-10-11-3-4-15-10/h3-5H,6H2,1-2H3,(H,12,13,14). The van der Waals surface area contributed by atoms with E-state index in [0.29, 0.717) is 6.54 Å². The van der Waals surface area contributed by atoms with Gasteiger partial charge in [0.25, 0.3) is 0 Å². The zero-order valence-electron chi connectivity index (χ0n) is 8.69. The summed E-state index contributed by atoms with van der Waals surface area (Å²) in [6.07, 6.45) is 1.80. The molecule has 5 heteroatoms. The van der Waals surface area contributed by atoms with Crippen LogP contribution in [0.4, 0.5) is 5.82 Å². The van der Waals surface area contributed by atoms with E-state index in [1.54, 1.807) is 17.5 Å². The van der Waals surface area contributed by atoms with Crippen LogP contribution in [0.25, 0.3) is 0 Å². The van der Waals surface area contributed by atoms with Gasteiger partial charge in [0, 0.05) is 23.3 Å². The van der Waals surface area contributed by atoms with Crippen molar-refractivity contribution in [2.24, 2.45) is 0 Å². The molecule has 0 bridgehead atoms. The molecule has 0 aliphatic carbocycles. The number of aryl methyl sites for hydroxylation is 2. The Balaban J connectivity index is 2.05. The molecule has 0 atom stereocenters. The van der Waals surface area contributed by atoms with E-state index in [1.165, 1.54) is 0 Å². The van der Waals surface area contributed by atoms with Gasteiger partial charge in [0.1, 0.15) is 16.6 Å². The largest absolute Gasteiger partial charge is 0.363 e. The second kappa shape index (κ2) is 4.35. The number of hydrogen-bond donors (Lipinski definition) is 1. The van der Waals surface area contributed by atoms with Crippen LogP contribution in [0, 0.1) is 13.8 Å². The molecular weight excluding hydrogens is 208 g/mol. The molecule has 2 aromatic heterocycles. The third kappa shape index (κ3) is 2.73. The van der Waals surface area contributed by atoms with E-state index in [9.17, 15) is 0 Å². The van der Waals surface area contributed by atoms with E-state index in [-0.39, 0.29) is 0 Å². The predicted molar refractivity (Wildman–Crippen MR) is 60.9 cm³/mol. The summed E-state index contributed by atoms with van der Waals surface area (Å²) in [6, 6.07) is 1.93. The molecule has 2 rings (SSSR count). The van der Waals surface area contributed by atoms with E-state index < -0.39 is 0 Å². The summed E-state index contributed by atoms with van der Waals surface area (Å²) in [4.78, 5) is 12.7. The lowest BCUT2D eigenvalue weighted by Crippen LogP contribution is -2.03. The van der Waals surface area contributed by atoms with Crippen LogP contribution < -0.4 is 5.32 Å². The first-order chi connectivity index (χ1) is 7.24. The molecule has 0 fully saturated rings. The summed E-state index contributed by atoms with van der Waals surface area (Å²) in [5, 5.41) is 6.25. The third-order valence-corrected chi connectivity index (χ3v) is 2.65. The molecule has 0 aliphatic heterocycles. The number of aromatic nitrogens is 3. The molecule has 0 radical (unpaired) electrons. The van der Waals surface area contributed by atoms with Gasteiger partial charge in [0.15, 0.2) is 0 Å². The third-order valence-electron chi connectivity index (χ3n) is 1.87. The van der Waals surface area contributed by atoms with Crippen molar-refractivity contribution in [3.63, 3.8) is 0 Å². The van der Waals surface area contributed by atoms with Gasteiger partial charge >= 0.3 is 0 Å². The van der Waals surface area contributed by atoms with Crippen molar-refractivity contribution in [2.45, 2.75) is 20.4 Å². The zero-order chi connectivity index (χ0) is 10.7. The van der Waals surface area contributed by atoms with E-state index in [4.69, 9.17) is 0 Å². The number of anilines is 1. The molecule has 0 saturated carbocycles. The maximum atomic E-state index is 4.29. The van der Waals surface area contributed by atoms with Gasteiger partial charge in [0.05, 0.1) is 6.54 Å². The highest BCUT2D eigenvalue weighted by atomic mass is 32.1. The summed E-state index contributed by atoms with van der Waals surface area (Å²) in [6.45, 7) is 4.57. The Morgan fingerprint density at radius 3 is 2.87 bits per heavy atom. The van der Waals surface area contributed by atoms with Crippen molar-refractivity contribution in [1.29, 1.82) is 0 Å². The minimum Gasteiger partial charge on any atom is -0.363 e. The van der Waals surface area contributed by atoms with Gasteiger partial charge in [0.2, 0.25) is 0 Å². The Morgan fingerprint density at radius 1 is 1.33 bits per heavy atom. The van der Waals surface area contributed by atoms with Gasteiger partial charge in [-0.25, -0.2) is 15.0 Å². The van der Waals surface area contributed by atoms with Crippen LogP contribution in [0.5, 0.6) is 0 Å². The summed E-state index contributed by atoms with van der Waals surface area (Å²) in [5.74, 6) is 1.65. The Kier molecular flexibility index (Phi) is 2.91. The molecule has 0 saturated heterocycles. The number of hydrogen-bond acceptors (Lipinski definition) is 5. The maximum Gasteiger partial charge on any atom is 0.130 e. The SMILES string of the molecule is Cc1cc(NCc2nccs2)nc(C)n1. The summed E-state index contributed by atoms with van der Waals surface area (Å²) >= 11 is 1.63. The molecule has 1 N–H and O–H groups in total. The number of nitrogens with one attached hydrogen (secondary N) is 1. The highest BCUT2D eigenvalue weighted by molar-refractivity contribution is 7.09. The van der Waals surface area contributed by atoms with Crippen molar-refractivity contribution in [2.75, 3.05) is 5.32 Å². The van der Waals surface area contributed by atoms with Crippen molar-refractivity contribution in [1.82, 2.24) is 15.0 Å². The van der Waals surface area contributed by atoms with Gasteiger partial charge in [-0.2, -0.15) is 0 Å². The Bertz CT molecular complexity index is 418. The quantitative estimate of drug-likeness (QED) is 0.861. The zero-order valence-corrected chi connectivity index (χ0v) is 9.51. The minimum absolute atomic E-state index is 0.716. The fraction of sp³-hybridized carbons (Fsp3) is 0.300. The molecule has 2 heterocycles. The Hall–Kier alpha value is -1.49. The normalized spacial score (nSPS) is 10.3. The molecule has 4 nitrogen and oxygen atoms in total. The molecular formula is C10H12N4S. The average molecular weight is 220 g/mol. The van der Waals surface area contributed by atoms with Crippen molar-refractivity contribution in [3.8, 4) is 0 Å². The fourth-order valence-electron chi connectivity index (χ4n) is 1.31. The monoisotopic (exact) mass is 220 g/mol. The second-order valence-corrected chi connectivity index (χ2v) is 4.20. The van der Waals surface area contributed by atoms with Crippen molar-refractivity contribution in [3.05, 3.63) is 34.2 Å². The van der Waals surface area contributed by atoms with Crippen LogP contribution in [0.2, 0.25) is 0 Å². The minimum atomic E-state index is 0.716. The highest BCUT2D eigenvalue weighted by Gasteiger charge is 1.99. The van der Waals surface area contributed by atoms with Crippen LogP contribution in [0.1, 0.15) is 16.5 Å². The Morgan fingerprint density at radius 2 is 2.20 bits per heavy atom. The lowest BCUT2D eigenvalue weighted by molar-refractivity contribution is 0.987. The summed E-state index contributed by atoms with van der Waals surface area (Å²) < 4.78 is 0. The van der Waals surface area contributed by atoms with Crippen LogP contribution in [0.15, 0.2) is 17.6 Å². The number of thiazole rings is 1. The van der Waals surface area contributed by atoms with Crippen LogP contribution in [0.3, 0.4) is 0 Å². The van der Waals surface area contributed by atoms with Gasteiger partial charge in [-0.15, -0.1) is 11.3 Å². The van der Waals surface area contributed by atoms with E-state index in [0.717, 1.165) is 22.3 Å². The van der Waals surface area contributed by atoms with Crippen LogP contribution in [-0.2, 0) is 6.54 Å². The number of nitrogens with zero attached hydrogens (tertiary/aromatic N) is 3. The Labute approximate surface area is 92.4 Å². The molecule has 0 aromatic carbocycles. The summed E-state index contributed by atoms with van der Waals surface area (Å²) in [5.41, 5.74) is 0.976. The fourth-order valence-corrected chi connectivity index (χ4v) is 1.87. The molecule has 0 aliphatic rings. The van der Waals surface area contributed by atoms with Gasteiger partial charge in [-0.05, 0) is 13.8 Å². The number of rotatable bonds is 3. The lowest BCUT2D eigenvalue weighted by Gasteiger charge is -2.04. The predicted octanol–water partition coefficient (Wildman–Crippen LogP) is 2.16. The molecule has 0 amide bonds. The van der Waals surface area contributed by atoms with E-state index in [2.05, 4.69) is 20.3 Å². The van der Waals surface area contributed by atoms with Gasteiger partial charge in [-0.1, -0.05) is 0 Å². The first-order valence-electron chi connectivity index (χ1n) is 4.68. The molecule has 0 spiro atoms. The lowest BCUT2D eigenvalue weighted by atomic mass is 10.4. The highest BCUT2D eigenvalue weighted by Crippen LogP contribution is 2.09. The van der Waals surface area contributed by atoms with E-state index >= 15 is 0 Å². The first kappa shape index (κ1) is 10.0. The van der Waals surface area contributed by atoms with Gasteiger partial charge in [-0.3, -0.25) is 0 Å². The molecule has 2 aromatic rings. The van der Waals surface area contributed by atoms with Gasteiger partial charge < -0.3 is 5.32 Å². The van der Waals surface area contributed by atoms with E-state index in [1.807, 2.05) is 25.3 Å². The van der Waals surface area contributed by atoms with Crippen LogP contribution >= 0.6 is 11.3 Å². The van der Waals surface area contributed by atoms with Crippen LogP contribution in [-0.4, -0.2) is 15.0 Å². The molecule has 15 heavy (non-hydrogen) atoms. The second-order valence-electron chi connectivity index (χ2n) is 3.22. The molecule has 78 valence electrons. The molecule has 0 unspecified atom stereocenters. The average Bonchev–Trinajstić information content (AvgIpc) is 2.65. The smallest absolute Gasteiger partial charge is 0.130 e. The topological polar surface area (TPSA) is 50.7 Å². The first-order valence-corrected chi connectivity index (χ1v) is 5.56. The maximum absolute atomic E-state index is 4.29. The van der Waals surface area contributed by atoms with Crippen molar-refractivity contribution >= 4 is 17.2 Å².